The molecule has 15 heavy (non-hydrogen) atoms. The van der Waals surface area contributed by atoms with Gasteiger partial charge in [-0.1, -0.05) is 6.07 Å². The Kier molecular flexibility index (Phi) is 4.09. The maximum Gasteiger partial charge on any atom is 0.317 e. The van der Waals surface area contributed by atoms with Crippen LogP contribution in [0.1, 0.15) is 19.5 Å². The van der Waals surface area contributed by atoms with Gasteiger partial charge in [0.15, 0.2) is 0 Å². The molecule has 82 valence electrons. The van der Waals surface area contributed by atoms with E-state index in [1.807, 2.05) is 32.0 Å². The lowest BCUT2D eigenvalue weighted by Crippen LogP contribution is -2.40. The molecule has 0 bridgehead atoms. The van der Waals surface area contributed by atoms with Gasteiger partial charge in [0.05, 0.1) is 12.2 Å². The van der Waals surface area contributed by atoms with Crippen LogP contribution in [0.4, 0.5) is 4.79 Å². The fourth-order valence-corrected chi connectivity index (χ4v) is 1.16. The van der Waals surface area contributed by atoms with Gasteiger partial charge in [-0.3, -0.25) is 4.98 Å². The molecule has 1 N–H and O–H groups in total. The summed E-state index contributed by atoms with van der Waals surface area (Å²) in [6, 6.07) is 5.76. The van der Waals surface area contributed by atoms with Gasteiger partial charge >= 0.3 is 6.03 Å². The highest BCUT2D eigenvalue weighted by Gasteiger charge is 2.09. The number of pyridine rings is 1. The van der Waals surface area contributed by atoms with E-state index in [1.54, 1.807) is 18.1 Å². The van der Waals surface area contributed by atoms with E-state index in [4.69, 9.17) is 0 Å². The molecule has 0 aliphatic rings. The largest absolute Gasteiger partial charge is 0.336 e. The molecule has 0 unspecified atom stereocenters. The van der Waals surface area contributed by atoms with Gasteiger partial charge in [-0.15, -0.1) is 0 Å². The number of hydrogen-bond acceptors (Lipinski definition) is 2. The predicted octanol–water partition coefficient (Wildman–Crippen LogP) is 1.63. The number of nitrogens with zero attached hydrogens (tertiary/aromatic N) is 2. The second kappa shape index (κ2) is 5.34. The summed E-state index contributed by atoms with van der Waals surface area (Å²) in [6.45, 7) is 4.40. The number of rotatable bonds is 3. The zero-order valence-electron chi connectivity index (χ0n) is 9.40. The Labute approximate surface area is 90.3 Å². The van der Waals surface area contributed by atoms with E-state index in [1.165, 1.54) is 0 Å². The third-order valence-corrected chi connectivity index (χ3v) is 1.88. The van der Waals surface area contributed by atoms with Crippen LogP contribution < -0.4 is 5.32 Å². The van der Waals surface area contributed by atoms with E-state index >= 15 is 0 Å². The second-order valence-electron chi connectivity index (χ2n) is 3.78. The minimum absolute atomic E-state index is 0.0735. The van der Waals surface area contributed by atoms with E-state index in [-0.39, 0.29) is 12.1 Å². The van der Waals surface area contributed by atoms with E-state index in [9.17, 15) is 4.79 Å². The minimum Gasteiger partial charge on any atom is -0.336 e. The zero-order chi connectivity index (χ0) is 11.3. The maximum absolute atomic E-state index is 11.5. The summed E-state index contributed by atoms with van der Waals surface area (Å²) in [5, 5.41) is 2.82. The number of carbonyl (C=O) groups excluding carboxylic acids is 1. The quantitative estimate of drug-likeness (QED) is 0.818. The molecule has 4 nitrogen and oxygen atoms in total. The van der Waals surface area contributed by atoms with Gasteiger partial charge in [0.2, 0.25) is 0 Å². The highest BCUT2D eigenvalue weighted by Crippen LogP contribution is 1.99. The topological polar surface area (TPSA) is 45.2 Å². The molecule has 0 spiro atoms. The van der Waals surface area contributed by atoms with Crippen LogP contribution in [0, 0.1) is 0 Å². The second-order valence-corrected chi connectivity index (χ2v) is 3.78. The molecule has 0 radical (unpaired) electrons. The first kappa shape index (κ1) is 11.5. The van der Waals surface area contributed by atoms with E-state index in [0.717, 1.165) is 5.69 Å². The first-order chi connectivity index (χ1) is 7.09. The number of hydrogen-bond donors (Lipinski definition) is 1. The Balaban J connectivity index is 2.49. The van der Waals surface area contributed by atoms with Crippen LogP contribution in [0.2, 0.25) is 0 Å². The van der Waals surface area contributed by atoms with Crippen molar-refractivity contribution >= 4 is 6.03 Å². The molecule has 2 amide bonds. The van der Waals surface area contributed by atoms with Crippen molar-refractivity contribution in [2.24, 2.45) is 0 Å². The van der Waals surface area contributed by atoms with Crippen molar-refractivity contribution in [2.45, 2.75) is 26.4 Å². The minimum atomic E-state index is -0.0735. The summed E-state index contributed by atoms with van der Waals surface area (Å²) in [5.74, 6) is 0. The van der Waals surface area contributed by atoms with E-state index in [2.05, 4.69) is 10.3 Å². The van der Waals surface area contributed by atoms with Crippen LogP contribution in [0.15, 0.2) is 24.4 Å². The lowest BCUT2D eigenvalue weighted by molar-refractivity contribution is 0.204. The third kappa shape index (κ3) is 3.97. The van der Waals surface area contributed by atoms with Crippen LogP contribution in [0.25, 0.3) is 0 Å². The lowest BCUT2D eigenvalue weighted by atomic mass is 10.3. The molecule has 0 aliphatic heterocycles. The molecule has 1 heterocycles. The zero-order valence-corrected chi connectivity index (χ0v) is 9.40. The van der Waals surface area contributed by atoms with Crippen molar-refractivity contribution in [1.29, 1.82) is 0 Å². The Hall–Kier alpha value is -1.58. The highest BCUT2D eigenvalue weighted by atomic mass is 16.2. The molecular weight excluding hydrogens is 190 g/mol. The number of aromatic nitrogens is 1. The van der Waals surface area contributed by atoms with Gasteiger partial charge in [0.1, 0.15) is 0 Å². The van der Waals surface area contributed by atoms with Gasteiger partial charge in [-0.25, -0.2) is 4.79 Å². The lowest BCUT2D eigenvalue weighted by Gasteiger charge is -2.19. The van der Waals surface area contributed by atoms with Crippen molar-refractivity contribution in [2.75, 3.05) is 7.05 Å². The van der Waals surface area contributed by atoms with Crippen molar-refractivity contribution in [3.63, 3.8) is 0 Å². The first-order valence-corrected chi connectivity index (χ1v) is 5.01. The van der Waals surface area contributed by atoms with Crippen molar-refractivity contribution in [1.82, 2.24) is 15.2 Å². The molecule has 0 aromatic carbocycles. The third-order valence-electron chi connectivity index (χ3n) is 1.88. The molecular formula is C11H17N3O. The van der Waals surface area contributed by atoms with Crippen molar-refractivity contribution in [3.8, 4) is 0 Å². The molecule has 1 rings (SSSR count). The molecule has 1 aromatic heterocycles. The van der Waals surface area contributed by atoms with Crippen LogP contribution in [-0.4, -0.2) is 29.0 Å². The maximum atomic E-state index is 11.5. The normalized spacial score (nSPS) is 10.1. The van der Waals surface area contributed by atoms with Crippen LogP contribution in [0.5, 0.6) is 0 Å². The van der Waals surface area contributed by atoms with Crippen molar-refractivity contribution in [3.05, 3.63) is 30.1 Å². The van der Waals surface area contributed by atoms with Gasteiger partial charge in [-0.05, 0) is 26.0 Å². The summed E-state index contributed by atoms with van der Waals surface area (Å²) in [5.41, 5.74) is 0.888. The average molecular weight is 207 g/mol. The predicted molar refractivity (Wildman–Crippen MR) is 59.4 cm³/mol. The summed E-state index contributed by atoms with van der Waals surface area (Å²) in [4.78, 5) is 17.3. The molecule has 4 heteroatoms. The Bertz CT molecular complexity index is 311. The smallest absolute Gasteiger partial charge is 0.317 e. The summed E-state index contributed by atoms with van der Waals surface area (Å²) in [6.07, 6.45) is 1.73. The van der Waals surface area contributed by atoms with Crippen LogP contribution >= 0.6 is 0 Å². The molecule has 0 saturated carbocycles. The molecule has 0 aliphatic carbocycles. The monoisotopic (exact) mass is 207 g/mol. The van der Waals surface area contributed by atoms with Gasteiger partial charge in [0.25, 0.3) is 0 Å². The first-order valence-electron chi connectivity index (χ1n) is 5.01. The number of amides is 2. The molecule has 0 saturated heterocycles. The van der Waals surface area contributed by atoms with Crippen molar-refractivity contribution < 1.29 is 4.79 Å². The van der Waals surface area contributed by atoms with Gasteiger partial charge in [0, 0.05) is 19.3 Å². The molecule has 0 atom stereocenters. The van der Waals surface area contributed by atoms with E-state index < -0.39 is 0 Å². The number of urea groups is 1. The SMILES string of the molecule is CC(C)NC(=O)N(C)Cc1ccccn1. The fourth-order valence-electron chi connectivity index (χ4n) is 1.16. The van der Waals surface area contributed by atoms with Crippen LogP contribution in [0.3, 0.4) is 0 Å². The Morgan fingerprint density at radius 2 is 2.27 bits per heavy atom. The van der Waals surface area contributed by atoms with Gasteiger partial charge in [-0.2, -0.15) is 0 Å². The molecule has 1 aromatic rings. The molecule has 0 fully saturated rings. The number of carbonyl (C=O) groups is 1. The Morgan fingerprint density at radius 3 is 2.80 bits per heavy atom. The number of nitrogens with one attached hydrogen (secondary N) is 1. The summed E-state index contributed by atoms with van der Waals surface area (Å²) >= 11 is 0. The van der Waals surface area contributed by atoms with Gasteiger partial charge < -0.3 is 10.2 Å². The summed E-state index contributed by atoms with van der Waals surface area (Å²) in [7, 11) is 1.76. The standard InChI is InChI=1S/C11H17N3O/c1-9(2)13-11(15)14(3)8-10-6-4-5-7-12-10/h4-7,9H,8H2,1-3H3,(H,13,15). The van der Waals surface area contributed by atoms with Crippen LogP contribution in [-0.2, 0) is 6.54 Å². The summed E-state index contributed by atoms with van der Waals surface area (Å²) < 4.78 is 0. The van der Waals surface area contributed by atoms with E-state index in [0.29, 0.717) is 6.54 Å². The Morgan fingerprint density at radius 1 is 1.53 bits per heavy atom. The fraction of sp³-hybridized carbons (Fsp3) is 0.455. The average Bonchev–Trinajstić information content (AvgIpc) is 2.18. The highest BCUT2D eigenvalue weighted by molar-refractivity contribution is 5.74.